The number of benzene rings is 2. The fourth-order valence-electron chi connectivity index (χ4n) is 2.09. The van der Waals surface area contributed by atoms with Crippen molar-refractivity contribution < 1.29 is 19.4 Å². The lowest BCUT2D eigenvalue weighted by molar-refractivity contribution is 0.0600. The molecule has 0 saturated heterocycles. The highest BCUT2D eigenvalue weighted by molar-refractivity contribution is 6.30. The van der Waals surface area contributed by atoms with Crippen molar-refractivity contribution in [1.29, 1.82) is 0 Å². The SMILES string of the molecule is COC(=O)c1ccc(OCC(O)CNCc2cccc(Cl)c2)cc1. The third-order valence-electron chi connectivity index (χ3n) is 3.32. The molecule has 0 radical (unpaired) electrons. The fraction of sp³-hybridized carbons (Fsp3) is 0.278. The van der Waals surface area contributed by atoms with Gasteiger partial charge in [0.25, 0.3) is 0 Å². The molecule has 24 heavy (non-hydrogen) atoms. The molecule has 1 unspecified atom stereocenters. The van der Waals surface area contributed by atoms with E-state index in [1.165, 1.54) is 7.11 Å². The van der Waals surface area contributed by atoms with Crippen LogP contribution in [-0.4, -0.2) is 37.4 Å². The Bertz CT molecular complexity index is 660. The summed E-state index contributed by atoms with van der Waals surface area (Å²) in [7, 11) is 1.33. The van der Waals surface area contributed by atoms with Crippen LogP contribution in [0.3, 0.4) is 0 Å². The first-order valence-electron chi connectivity index (χ1n) is 7.53. The van der Waals surface area contributed by atoms with Gasteiger partial charge < -0.3 is 19.9 Å². The molecule has 0 amide bonds. The zero-order valence-corrected chi connectivity index (χ0v) is 14.1. The number of methoxy groups -OCH3 is 1. The maximum Gasteiger partial charge on any atom is 0.337 e. The van der Waals surface area contributed by atoms with E-state index in [9.17, 15) is 9.90 Å². The van der Waals surface area contributed by atoms with Gasteiger partial charge in [-0.3, -0.25) is 0 Å². The van der Waals surface area contributed by atoms with E-state index < -0.39 is 12.1 Å². The summed E-state index contributed by atoms with van der Waals surface area (Å²) in [5.74, 6) is 0.184. The summed E-state index contributed by atoms with van der Waals surface area (Å²) in [6, 6.07) is 14.1. The topological polar surface area (TPSA) is 67.8 Å². The molecule has 0 aliphatic carbocycles. The molecule has 0 aliphatic heterocycles. The standard InChI is InChI=1S/C18H20ClNO4/c1-23-18(22)14-5-7-17(8-6-14)24-12-16(21)11-20-10-13-3-2-4-15(19)9-13/h2-9,16,20-21H,10-12H2,1H3. The van der Waals surface area contributed by atoms with E-state index in [0.29, 0.717) is 29.4 Å². The molecule has 128 valence electrons. The molecule has 5 nitrogen and oxygen atoms in total. The molecule has 0 saturated carbocycles. The summed E-state index contributed by atoms with van der Waals surface area (Å²) >= 11 is 5.92. The number of nitrogens with one attached hydrogen (secondary N) is 1. The van der Waals surface area contributed by atoms with E-state index >= 15 is 0 Å². The van der Waals surface area contributed by atoms with Gasteiger partial charge >= 0.3 is 5.97 Å². The van der Waals surface area contributed by atoms with Gasteiger partial charge in [0.1, 0.15) is 18.5 Å². The monoisotopic (exact) mass is 349 g/mol. The summed E-state index contributed by atoms with van der Waals surface area (Å²) in [5.41, 5.74) is 1.50. The highest BCUT2D eigenvalue weighted by Crippen LogP contribution is 2.13. The van der Waals surface area contributed by atoms with Gasteiger partial charge in [-0.05, 0) is 42.0 Å². The number of esters is 1. The molecule has 1 atom stereocenters. The van der Waals surface area contributed by atoms with Gasteiger partial charge in [-0.15, -0.1) is 0 Å². The zero-order valence-electron chi connectivity index (χ0n) is 13.4. The number of hydrogen-bond acceptors (Lipinski definition) is 5. The van der Waals surface area contributed by atoms with Gasteiger partial charge in [0.2, 0.25) is 0 Å². The quantitative estimate of drug-likeness (QED) is 0.717. The Hall–Kier alpha value is -2.08. The van der Waals surface area contributed by atoms with Gasteiger partial charge in [-0.1, -0.05) is 23.7 Å². The van der Waals surface area contributed by atoms with Gasteiger partial charge in [-0.2, -0.15) is 0 Å². The minimum atomic E-state index is -0.649. The van der Waals surface area contributed by atoms with Crippen molar-refractivity contribution >= 4 is 17.6 Å². The van der Waals surface area contributed by atoms with Crippen molar-refractivity contribution in [1.82, 2.24) is 5.32 Å². The molecule has 2 aromatic rings. The van der Waals surface area contributed by atoms with Crippen molar-refractivity contribution in [3.63, 3.8) is 0 Å². The minimum Gasteiger partial charge on any atom is -0.491 e. The number of ether oxygens (including phenoxy) is 2. The smallest absolute Gasteiger partial charge is 0.337 e. The molecule has 0 aromatic heterocycles. The predicted molar refractivity (Wildman–Crippen MR) is 92.4 cm³/mol. The molecule has 0 bridgehead atoms. The Balaban J connectivity index is 1.71. The number of aliphatic hydroxyl groups excluding tert-OH is 1. The second kappa shape index (κ2) is 9.27. The molecule has 0 spiro atoms. The largest absolute Gasteiger partial charge is 0.491 e. The van der Waals surface area contributed by atoms with Crippen LogP contribution in [0.15, 0.2) is 48.5 Å². The van der Waals surface area contributed by atoms with Crippen LogP contribution in [0.5, 0.6) is 5.75 Å². The van der Waals surface area contributed by atoms with Crippen LogP contribution in [0.25, 0.3) is 0 Å². The number of aliphatic hydroxyl groups is 1. The van der Waals surface area contributed by atoms with Gasteiger partial charge in [0.15, 0.2) is 0 Å². The van der Waals surface area contributed by atoms with Gasteiger partial charge in [0.05, 0.1) is 12.7 Å². The van der Waals surface area contributed by atoms with Crippen LogP contribution in [0, 0.1) is 0 Å². The minimum absolute atomic E-state index is 0.153. The molecule has 0 heterocycles. The Kier molecular flexibility index (Phi) is 7.06. The number of hydrogen-bond donors (Lipinski definition) is 2. The summed E-state index contributed by atoms with van der Waals surface area (Å²) in [5, 5.41) is 13.8. The second-order valence-electron chi connectivity index (χ2n) is 5.24. The first-order valence-corrected chi connectivity index (χ1v) is 7.90. The number of carbonyl (C=O) groups is 1. The van der Waals surface area contributed by atoms with E-state index in [-0.39, 0.29) is 6.61 Å². The summed E-state index contributed by atoms with van der Waals surface area (Å²) in [6.07, 6.45) is -0.649. The summed E-state index contributed by atoms with van der Waals surface area (Å²) in [6.45, 7) is 1.17. The van der Waals surface area contributed by atoms with Crippen molar-refractivity contribution in [2.24, 2.45) is 0 Å². The van der Waals surface area contributed by atoms with Crippen LogP contribution in [0.4, 0.5) is 0 Å². The first-order chi connectivity index (χ1) is 11.6. The normalized spacial score (nSPS) is 11.8. The van der Waals surface area contributed by atoms with E-state index in [1.54, 1.807) is 24.3 Å². The lowest BCUT2D eigenvalue weighted by atomic mass is 10.2. The molecular weight excluding hydrogens is 330 g/mol. The van der Waals surface area contributed by atoms with E-state index in [1.807, 2.05) is 24.3 Å². The average molecular weight is 350 g/mol. The first kappa shape index (κ1) is 18.3. The van der Waals surface area contributed by atoms with Crippen molar-refractivity contribution in [3.05, 3.63) is 64.7 Å². The van der Waals surface area contributed by atoms with Crippen LogP contribution >= 0.6 is 11.6 Å². The average Bonchev–Trinajstić information content (AvgIpc) is 2.60. The summed E-state index contributed by atoms with van der Waals surface area (Å²) < 4.78 is 10.1. The van der Waals surface area contributed by atoms with Crippen molar-refractivity contribution in [2.75, 3.05) is 20.3 Å². The van der Waals surface area contributed by atoms with Crippen molar-refractivity contribution in [2.45, 2.75) is 12.6 Å². The molecular formula is C18H20ClNO4. The lowest BCUT2D eigenvalue weighted by Crippen LogP contribution is -2.31. The second-order valence-corrected chi connectivity index (χ2v) is 5.68. The highest BCUT2D eigenvalue weighted by Gasteiger charge is 2.07. The molecule has 2 N–H and O–H groups in total. The van der Waals surface area contributed by atoms with Crippen molar-refractivity contribution in [3.8, 4) is 5.75 Å². The third-order valence-corrected chi connectivity index (χ3v) is 3.55. The lowest BCUT2D eigenvalue weighted by Gasteiger charge is -2.13. The number of carbonyl (C=O) groups excluding carboxylic acids is 1. The molecule has 2 aromatic carbocycles. The Labute approximate surface area is 146 Å². The van der Waals surface area contributed by atoms with E-state index in [2.05, 4.69) is 10.1 Å². The predicted octanol–water partition coefficient (Wildman–Crippen LogP) is 2.66. The van der Waals surface area contributed by atoms with Gasteiger partial charge in [-0.25, -0.2) is 4.79 Å². The third kappa shape index (κ3) is 5.85. The van der Waals surface area contributed by atoms with Crippen LogP contribution in [-0.2, 0) is 11.3 Å². The van der Waals surface area contributed by atoms with Gasteiger partial charge in [0, 0.05) is 18.1 Å². The highest BCUT2D eigenvalue weighted by atomic mass is 35.5. The van der Waals surface area contributed by atoms with E-state index in [0.717, 1.165) is 5.56 Å². The Morgan fingerprint density at radius 2 is 2.00 bits per heavy atom. The molecule has 2 rings (SSSR count). The van der Waals surface area contributed by atoms with Crippen LogP contribution in [0.2, 0.25) is 5.02 Å². The number of rotatable bonds is 8. The molecule has 0 aliphatic rings. The zero-order chi connectivity index (χ0) is 17.4. The summed E-state index contributed by atoms with van der Waals surface area (Å²) in [4.78, 5) is 11.3. The molecule has 6 heteroatoms. The maximum absolute atomic E-state index is 11.3. The van der Waals surface area contributed by atoms with E-state index in [4.69, 9.17) is 16.3 Å². The van der Waals surface area contributed by atoms with Crippen LogP contribution < -0.4 is 10.1 Å². The number of halogens is 1. The molecule has 0 fully saturated rings. The maximum atomic E-state index is 11.3. The Morgan fingerprint density at radius 1 is 1.25 bits per heavy atom. The fourth-order valence-corrected chi connectivity index (χ4v) is 2.30. The van der Waals surface area contributed by atoms with Crippen LogP contribution in [0.1, 0.15) is 15.9 Å². The Morgan fingerprint density at radius 3 is 2.67 bits per heavy atom.